The summed E-state index contributed by atoms with van der Waals surface area (Å²) in [6.45, 7) is 6.07. The van der Waals surface area contributed by atoms with E-state index in [4.69, 9.17) is 0 Å². The Kier molecular flexibility index (Phi) is 7.02. The second-order valence-corrected chi connectivity index (χ2v) is 8.08. The topological polar surface area (TPSA) is 56.7 Å². The van der Waals surface area contributed by atoms with Crippen LogP contribution in [0.2, 0.25) is 0 Å². The Morgan fingerprint density at radius 2 is 2.26 bits per heavy atom. The van der Waals surface area contributed by atoms with E-state index in [1.807, 2.05) is 36.2 Å². The van der Waals surface area contributed by atoms with E-state index in [-0.39, 0.29) is 17.4 Å². The first kappa shape index (κ1) is 20.0. The molecule has 1 aromatic rings. The van der Waals surface area contributed by atoms with Crippen LogP contribution >= 0.6 is 0 Å². The summed E-state index contributed by atoms with van der Waals surface area (Å²) in [5, 5.41) is 10.8. The number of aliphatic hydroxyl groups excluding tert-OH is 1. The molecule has 2 saturated heterocycles. The van der Waals surface area contributed by atoms with Crippen molar-refractivity contribution in [3.8, 4) is 0 Å². The predicted octanol–water partition coefficient (Wildman–Crippen LogP) is 3.00. The molecule has 3 heterocycles. The summed E-state index contributed by atoms with van der Waals surface area (Å²) in [5.74, 6) is 0.243. The van der Waals surface area contributed by atoms with Crippen LogP contribution in [0.1, 0.15) is 51.1 Å². The monoisotopic (exact) mass is 371 g/mol. The molecule has 1 N–H and O–H groups in total. The molecule has 2 fully saturated rings. The first-order chi connectivity index (χ1) is 13.1. The van der Waals surface area contributed by atoms with Crippen molar-refractivity contribution in [3.63, 3.8) is 0 Å². The van der Waals surface area contributed by atoms with Crippen molar-refractivity contribution in [2.24, 2.45) is 5.41 Å². The van der Waals surface area contributed by atoms with Crippen molar-refractivity contribution in [3.05, 3.63) is 42.2 Å². The van der Waals surface area contributed by atoms with Crippen LogP contribution in [0.25, 0.3) is 0 Å². The van der Waals surface area contributed by atoms with Crippen LogP contribution < -0.4 is 0 Å². The molecule has 0 aliphatic carbocycles. The highest BCUT2D eigenvalue weighted by Gasteiger charge is 2.46. The van der Waals surface area contributed by atoms with Gasteiger partial charge in [-0.25, -0.2) is 0 Å². The number of pyridine rings is 1. The molecule has 2 aliphatic rings. The highest BCUT2D eigenvalue weighted by Crippen LogP contribution is 2.39. The minimum atomic E-state index is -0.323. The zero-order valence-electron chi connectivity index (χ0n) is 16.5. The SMILES string of the molecule is C/C=C/CCCC(=O)N1CCC[C@@]2(CN(Cc3ccccn3)CC[C@H]2O)C1. The Balaban J connectivity index is 1.61. The number of amides is 1. The van der Waals surface area contributed by atoms with Gasteiger partial charge in [0.25, 0.3) is 0 Å². The van der Waals surface area contributed by atoms with Crippen LogP contribution in [0.5, 0.6) is 0 Å². The average molecular weight is 372 g/mol. The van der Waals surface area contributed by atoms with Gasteiger partial charge in [0, 0.05) is 50.8 Å². The summed E-state index contributed by atoms with van der Waals surface area (Å²) in [7, 11) is 0. The van der Waals surface area contributed by atoms with E-state index < -0.39 is 0 Å². The number of carbonyl (C=O) groups is 1. The van der Waals surface area contributed by atoms with Crippen molar-refractivity contribution in [1.29, 1.82) is 0 Å². The predicted molar refractivity (Wildman–Crippen MR) is 107 cm³/mol. The number of carbonyl (C=O) groups excluding carboxylic acids is 1. The minimum absolute atomic E-state index is 0.190. The fourth-order valence-corrected chi connectivity index (χ4v) is 4.57. The van der Waals surface area contributed by atoms with Crippen molar-refractivity contribution in [1.82, 2.24) is 14.8 Å². The van der Waals surface area contributed by atoms with E-state index in [9.17, 15) is 9.90 Å². The fourth-order valence-electron chi connectivity index (χ4n) is 4.57. The number of aromatic nitrogens is 1. The number of hydrogen-bond donors (Lipinski definition) is 1. The van der Waals surface area contributed by atoms with Gasteiger partial charge in [-0.15, -0.1) is 0 Å². The summed E-state index contributed by atoms with van der Waals surface area (Å²) >= 11 is 0. The molecule has 5 nitrogen and oxygen atoms in total. The molecule has 0 unspecified atom stereocenters. The minimum Gasteiger partial charge on any atom is -0.392 e. The summed E-state index contributed by atoms with van der Waals surface area (Å²) in [6, 6.07) is 6.01. The normalized spacial score (nSPS) is 26.7. The van der Waals surface area contributed by atoms with Crippen LogP contribution in [0.4, 0.5) is 0 Å². The van der Waals surface area contributed by atoms with E-state index in [1.165, 1.54) is 0 Å². The molecule has 148 valence electrons. The molecule has 5 heteroatoms. The van der Waals surface area contributed by atoms with Crippen molar-refractivity contribution in [2.45, 2.75) is 58.1 Å². The molecule has 2 aliphatic heterocycles. The van der Waals surface area contributed by atoms with Gasteiger partial charge in [0.1, 0.15) is 0 Å². The first-order valence-corrected chi connectivity index (χ1v) is 10.3. The quantitative estimate of drug-likeness (QED) is 0.617. The van der Waals surface area contributed by atoms with Crippen LogP contribution in [-0.2, 0) is 11.3 Å². The standard InChI is InChI=1S/C22H33N3O2/c1-2-3-4-5-10-21(27)25-14-8-12-22(18-25)17-24(15-11-20(22)26)16-19-9-6-7-13-23-19/h2-3,6-7,9,13,20,26H,4-5,8,10-12,14-18H2,1H3/b3-2+/t20-,22-/m1/s1. The van der Waals surface area contributed by atoms with Crippen LogP contribution in [0, 0.1) is 5.41 Å². The molecule has 1 amide bonds. The maximum absolute atomic E-state index is 12.7. The van der Waals surface area contributed by atoms with Gasteiger partial charge in [-0.2, -0.15) is 0 Å². The zero-order valence-corrected chi connectivity index (χ0v) is 16.5. The third-order valence-electron chi connectivity index (χ3n) is 6.03. The smallest absolute Gasteiger partial charge is 0.222 e. The third-order valence-corrected chi connectivity index (χ3v) is 6.03. The van der Waals surface area contributed by atoms with Gasteiger partial charge in [0.15, 0.2) is 0 Å². The molecular formula is C22H33N3O2. The number of allylic oxidation sites excluding steroid dienone is 2. The summed E-state index contributed by atoms with van der Waals surface area (Å²) in [6.07, 6.45) is 10.9. The van der Waals surface area contributed by atoms with Gasteiger partial charge in [-0.1, -0.05) is 18.2 Å². The zero-order chi connectivity index (χ0) is 19.1. The summed E-state index contributed by atoms with van der Waals surface area (Å²) in [4.78, 5) is 21.5. The lowest BCUT2D eigenvalue weighted by molar-refractivity contribution is -0.141. The largest absolute Gasteiger partial charge is 0.392 e. The third kappa shape index (κ3) is 5.17. The molecule has 2 atom stereocenters. The lowest BCUT2D eigenvalue weighted by atomic mass is 9.71. The molecular weight excluding hydrogens is 338 g/mol. The van der Waals surface area contributed by atoms with E-state index in [2.05, 4.69) is 22.0 Å². The summed E-state index contributed by atoms with van der Waals surface area (Å²) in [5.41, 5.74) is 0.876. The molecule has 0 bridgehead atoms. The number of nitrogens with zero attached hydrogens (tertiary/aromatic N) is 3. The van der Waals surface area contributed by atoms with Gasteiger partial charge in [0.05, 0.1) is 11.8 Å². The van der Waals surface area contributed by atoms with E-state index in [0.29, 0.717) is 13.0 Å². The Morgan fingerprint density at radius 1 is 1.37 bits per heavy atom. The fraction of sp³-hybridized carbons (Fsp3) is 0.636. The Hall–Kier alpha value is -1.72. The van der Waals surface area contributed by atoms with E-state index >= 15 is 0 Å². The van der Waals surface area contributed by atoms with E-state index in [1.54, 1.807) is 0 Å². The summed E-state index contributed by atoms with van der Waals surface area (Å²) < 4.78 is 0. The number of hydrogen-bond acceptors (Lipinski definition) is 4. The lowest BCUT2D eigenvalue weighted by Gasteiger charge is -2.51. The lowest BCUT2D eigenvalue weighted by Crippen LogP contribution is -2.59. The van der Waals surface area contributed by atoms with Gasteiger partial charge < -0.3 is 10.0 Å². The maximum Gasteiger partial charge on any atom is 0.222 e. The highest BCUT2D eigenvalue weighted by molar-refractivity contribution is 5.76. The second-order valence-electron chi connectivity index (χ2n) is 8.08. The van der Waals surface area contributed by atoms with Crippen LogP contribution in [0.15, 0.2) is 36.5 Å². The highest BCUT2D eigenvalue weighted by atomic mass is 16.3. The first-order valence-electron chi connectivity index (χ1n) is 10.3. The Morgan fingerprint density at radius 3 is 3.04 bits per heavy atom. The van der Waals surface area contributed by atoms with Crippen molar-refractivity contribution >= 4 is 5.91 Å². The maximum atomic E-state index is 12.7. The van der Waals surface area contributed by atoms with Gasteiger partial charge in [-0.3, -0.25) is 14.7 Å². The number of likely N-dealkylation sites (tertiary alicyclic amines) is 2. The molecule has 1 spiro atoms. The van der Waals surface area contributed by atoms with Gasteiger partial charge in [0.2, 0.25) is 5.91 Å². The Labute approximate surface area is 163 Å². The number of piperidine rings is 2. The second kappa shape index (κ2) is 9.47. The van der Waals surface area contributed by atoms with Crippen LogP contribution in [0.3, 0.4) is 0 Å². The number of rotatable bonds is 6. The molecule has 0 aromatic carbocycles. The van der Waals surface area contributed by atoms with Crippen molar-refractivity contribution < 1.29 is 9.90 Å². The molecule has 0 saturated carbocycles. The number of unbranched alkanes of at least 4 members (excludes halogenated alkanes) is 1. The molecule has 3 rings (SSSR count). The Bertz CT molecular complexity index is 634. The molecule has 0 radical (unpaired) electrons. The number of aliphatic hydroxyl groups is 1. The van der Waals surface area contributed by atoms with Crippen LogP contribution in [-0.4, -0.2) is 58.1 Å². The van der Waals surface area contributed by atoms with E-state index in [0.717, 1.165) is 64.0 Å². The van der Waals surface area contributed by atoms with Gasteiger partial charge in [-0.05, 0) is 51.2 Å². The molecule has 1 aromatic heterocycles. The van der Waals surface area contributed by atoms with Crippen molar-refractivity contribution in [2.75, 3.05) is 26.2 Å². The molecule has 27 heavy (non-hydrogen) atoms. The van der Waals surface area contributed by atoms with Gasteiger partial charge >= 0.3 is 0 Å². The average Bonchev–Trinajstić information content (AvgIpc) is 2.69.